The SMILES string of the molecule is O=C(O)C1(Nc2nc3sccn3c2[N+](=O)[O-])CCOC1. The van der Waals surface area contributed by atoms with Crippen LogP contribution in [-0.4, -0.2) is 44.1 Å². The van der Waals surface area contributed by atoms with Gasteiger partial charge in [-0.25, -0.2) is 4.79 Å². The molecule has 0 spiro atoms. The van der Waals surface area contributed by atoms with Crippen LogP contribution < -0.4 is 5.32 Å². The first-order valence-corrected chi connectivity index (χ1v) is 6.61. The first-order valence-electron chi connectivity index (χ1n) is 5.73. The Morgan fingerprint density at radius 2 is 2.50 bits per heavy atom. The lowest BCUT2D eigenvalue weighted by atomic mass is 9.99. The fraction of sp³-hybridized carbons (Fsp3) is 0.400. The van der Waals surface area contributed by atoms with Gasteiger partial charge in [0.05, 0.1) is 6.61 Å². The second kappa shape index (κ2) is 4.42. The first kappa shape index (κ1) is 12.8. The van der Waals surface area contributed by atoms with Gasteiger partial charge in [0.25, 0.3) is 4.96 Å². The number of thiazole rings is 1. The summed E-state index contributed by atoms with van der Waals surface area (Å²) < 4.78 is 6.42. The summed E-state index contributed by atoms with van der Waals surface area (Å²) >= 11 is 1.23. The lowest BCUT2D eigenvalue weighted by Gasteiger charge is -2.22. The molecule has 3 heterocycles. The predicted molar refractivity (Wildman–Crippen MR) is 69.1 cm³/mol. The first-order chi connectivity index (χ1) is 9.53. The molecule has 2 aromatic rings. The van der Waals surface area contributed by atoms with Crippen LogP contribution in [0.3, 0.4) is 0 Å². The Labute approximate surface area is 116 Å². The number of nitro groups is 1. The highest BCUT2D eigenvalue weighted by atomic mass is 32.1. The number of carboxylic acids is 1. The van der Waals surface area contributed by atoms with Crippen LogP contribution in [0, 0.1) is 10.1 Å². The molecule has 0 radical (unpaired) electrons. The average Bonchev–Trinajstić information content (AvgIpc) is 3.03. The summed E-state index contributed by atoms with van der Waals surface area (Å²) in [5.41, 5.74) is -1.37. The lowest BCUT2D eigenvalue weighted by Crippen LogP contribution is -2.47. The number of nitrogens with zero attached hydrogens (tertiary/aromatic N) is 3. The third-order valence-corrected chi connectivity index (χ3v) is 3.96. The number of carboxylic acid groups (broad SMARTS) is 1. The number of hydrogen-bond donors (Lipinski definition) is 2. The van der Waals surface area contributed by atoms with Gasteiger partial charge < -0.3 is 25.3 Å². The number of nitrogens with one attached hydrogen (secondary N) is 1. The molecule has 9 nitrogen and oxygen atoms in total. The third-order valence-electron chi connectivity index (χ3n) is 3.20. The average molecular weight is 298 g/mol. The molecular weight excluding hydrogens is 288 g/mol. The summed E-state index contributed by atoms with van der Waals surface area (Å²) in [5, 5.41) is 24.9. The minimum absolute atomic E-state index is 0.0465. The molecule has 10 heteroatoms. The van der Waals surface area contributed by atoms with Gasteiger partial charge >= 0.3 is 11.8 Å². The molecule has 1 saturated heterocycles. The Balaban J connectivity index is 2.05. The van der Waals surface area contributed by atoms with Crippen LogP contribution in [0.4, 0.5) is 11.6 Å². The number of anilines is 1. The van der Waals surface area contributed by atoms with Crippen LogP contribution in [0.2, 0.25) is 0 Å². The van der Waals surface area contributed by atoms with Crippen LogP contribution >= 0.6 is 11.3 Å². The topological polar surface area (TPSA) is 119 Å². The molecule has 3 rings (SSSR count). The van der Waals surface area contributed by atoms with Crippen molar-refractivity contribution in [3.05, 3.63) is 21.7 Å². The molecule has 2 aromatic heterocycles. The van der Waals surface area contributed by atoms with E-state index in [9.17, 15) is 20.0 Å². The minimum atomic E-state index is -1.37. The van der Waals surface area contributed by atoms with E-state index in [0.29, 0.717) is 4.96 Å². The summed E-state index contributed by atoms with van der Waals surface area (Å²) in [6.07, 6.45) is 1.75. The quantitative estimate of drug-likeness (QED) is 0.637. The summed E-state index contributed by atoms with van der Waals surface area (Å²) in [6.45, 7) is 0.236. The molecule has 0 saturated carbocycles. The molecule has 0 bridgehead atoms. The van der Waals surface area contributed by atoms with E-state index in [0.717, 1.165) is 0 Å². The van der Waals surface area contributed by atoms with Crippen molar-refractivity contribution in [3.63, 3.8) is 0 Å². The number of rotatable bonds is 4. The highest BCUT2D eigenvalue weighted by Crippen LogP contribution is 2.32. The molecule has 2 N–H and O–H groups in total. The molecular formula is C10H10N4O5S. The van der Waals surface area contributed by atoms with Crippen molar-refractivity contribution in [1.29, 1.82) is 0 Å². The molecule has 0 amide bonds. The van der Waals surface area contributed by atoms with Crippen molar-refractivity contribution in [2.24, 2.45) is 0 Å². The number of fused-ring (bicyclic) bond motifs is 1. The van der Waals surface area contributed by atoms with Crippen molar-refractivity contribution in [2.75, 3.05) is 18.5 Å². The maximum absolute atomic E-state index is 11.4. The van der Waals surface area contributed by atoms with Crippen molar-refractivity contribution in [1.82, 2.24) is 9.38 Å². The Hall–Kier alpha value is -2.20. The van der Waals surface area contributed by atoms with Gasteiger partial charge in [-0.15, -0.1) is 0 Å². The fourth-order valence-corrected chi connectivity index (χ4v) is 2.85. The number of carbonyl (C=O) groups is 1. The Kier molecular flexibility index (Phi) is 2.83. The maximum Gasteiger partial charge on any atom is 0.372 e. The van der Waals surface area contributed by atoms with Crippen LogP contribution in [0.5, 0.6) is 0 Å². The molecule has 1 unspecified atom stereocenters. The Morgan fingerprint density at radius 1 is 1.70 bits per heavy atom. The van der Waals surface area contributed by atoms with E-state index in [1.165, 1.54) is 21.9 Å². The Bertz CT molecular complexity index is 687. The number of imidazole rings is 1. The van der Waals surface area contributed by atoms with Crippen LogP contribution in [0.1, 0.15) is 6.42 Å². The Morgan fingerprint density at radius 3 is 3.10 bits per heavy atom. The van der Waals surface area contributed by atoms with Crippen molar-refractivity contribution in [2.45, 2.75) is 12.0 Å². The van der Waals surface area contributed by atoms with Gasteiger partial charge in [0.15, 0.2) is 5.54 Å². The van der Waals surface area contributed by atoms with E-state index in [4.69, 9.17) is 4.74 Å². The molecule has 106 valence electrons. The molecule has 1 fully saturated rings. The van der Waals surface area contributed by atoms with Crippen LogP contribution in [-0.2, 0) is 9.53 Å². The third kappa shape index (κ3) is 1.80. The summed E-state index contributed by atoms with van der Waals surface area (Å²) in [6, 6.07) is 0. The van der Waals surface area contributed by atoms with Gasteiger partial charge in [0.2, 0.25) is 5.82 Å². The van der Waals surface area contributed by atoms with Gasteiger partial charge in [0, 0.05) is 18.4 Å². The van der Waals surface area contributed by atoms with Crippen molar-refractivity contribution in [3.8, 4) is 0 Å². The van der Waals surface area contributed by atoms with Gasteiger partial charge in [-0.3, -0.25) is 0 Å². The zero-order valence-corrected chi connectivity index (χ0v) is 10.9. The minimum Gasteiger partial charge on any atom is -0.479 e. The number of aromatic nitrogens is 2. The normalized spacial score (nSPS) is 22.2. The maximum atomic E-state index is 11.4. The van der Waals surface area contributed by atoms with Gasteiger partial charge in [-0.2, -0.15) is 9.38 Å². The number of aliphatic carboxylic acids is 1. The van der Waals surface area contributed by atoms with E-state index in [2.05, 4.69) is 10.3 Å². The van der Waals surface area contributed by atoms with E-state index in [-0.39, 0.29) is 31.3 Å². The standard InChI is InChI=1S/C10H10N4O5S/c15-8(16)10(1-3-19-5-10)12-6-7(14(17)18)13-2-4-20-9(13)11-6/h2,4,12H,1,3,5H2,(H,15,16). The van der Waals surface area contributed by atoms with Gasteiger partial charge in [-0.1, -0.05) is 11.3 Å². The zero-order chi connectivity index (χ0) is 14.3. The van der Waals surface area contributed by atoms with Crippen LogP contribution in [0.25, 0.3) is 4.96 Å². The van der Waals surface area contributed by atoms with E-state index in [1.807, 2.05) is 0 Å². The highest BCUT2D eigenvalue weighted by molar-refractivity contribution is 7.15. The smallest absolute Gasteiger partial charge is 0.372 e. The highest BCUT2D eigenvalue weighted by Gasteiger charge is 2.45. The fourth-order valence-electron chi connectivity index (χ4n) is 2.14. The molecule has 0 aromatic carbocycles. The molecule has 1 aliphatic rings. The summed E-state index contributed by atoms with van der Waals surface area (Å²) in [5.74, 6) is -1.43. The summed E-state index contributed by atoms with van der Waals surface area (Å²) in [7, 11) is 0. The van der Waals surface area contributed by atoms with E-state index in [1.54, 1.807) is 5.38 Å². The molecule has 1 atom stereocenters. The van der Waals surface area contributed by atoms with Gasteiger partial charge in [-0.05, 0) is 4.92 Å². The summed E-state index contributed by atoms with van der Waals surface area (Å²) in [4.78, 5) is 26.5. The number of hydrogen-bond acceptors (Lipinski definition) is 7. The second-order valence-corrected chi connectivity index (χ2v) is 5.28. The monoisotopic (exact) mass is 298 g/mol. The predicted octanol–water partition coefficient (Wildman–Crippen LogP) is 0.960. The molecule has 20 heavy (non-hydrogen) atoms. The molecule has 0 aliphatic carbocycles. The van der Waals surface area contributed by atoms with Crippen molar-refractivity contribution < 1.29 is 19.6 Å². The second-order valence-electron chi connectivity index (χ2n) is 4.41. The zero-order valence-electron chi connectivity index (χ0n) is 10.1. The van der Waals surface area contributed by atoms with Gasteiger partial charge in [0.1, 0.15) is 6.20 Å². The number of ether oxygens (including phenoxy) is 1. The molecule has 1 aliphatic heterocycles. The van der Waals surface area contributed by atoms with Crippen molar-refractivity contribution >= 4 is 33.9 Å². The lowest BCUT2D eigenvalue weighted by molar-refractivity contribution is -0.389. The van der Waals surface area contributed by atoms with E-state index < -0.39 is 16.4 Å². The largest absolute Gasteiger partial charge is 0.479 e. The van der Waals surface area contributed by atoms with E-state index >= 15 is 0 Å². The van der Waals surface area contributed by atoms with Crippen LogP contribution in [0.15, 0.2) is 11.6 Å².